The van der Waals surface area contributed by atoms with Crippen LogP contribution in [0.25, 0.3) is 0 Å². The van der Waals surface area contributed by atoms with Crippen LogP contribution in [0.1, 0.15) is 35.3 Å². The minimum absolute atomic E-state index is 0.156. The molecular formula is C18H19FN2O3. The van der Waals surface area contributed by atoms with Crippen molar-refractivity contribution in [2.24, 2.45) is 0 Å². The second-order valence-corrected chi connectivity index (χ2v) is 5.74. The average Bonchev–Trinajstić information content (AvgIpc) is 2.97. The highest BCUT2D eigenvalue weighted by Gasteiger charge is 2.33. The molecule has 1 saturated heterocycles. The minimum Gasteiger partial charge on any atom is -0.462 e. The Balaban J connectivity index is 1.85. The zero-order valence-corrected chi connectivity index (χ0v) is 13.4. The van der Waals surface area contributed by atoms with Crippen molar-refractivity contribution in [1.29, 1.82) is 0 Å². The highest BCUT2D eigenvalue weighted by molar-refractivity contribution is 5.89. The lowest BCUT2D eigenvalue weighted by Crippen LogP contribution is -2.25. The molecule has 6 heteroatoms. The first-order valence-electron chi connectivity index (χ1n) is 7.92. The van der Waals surface area contributed by atoms with Crippen molar-refractivity contribution >= 4 is 11.8 Å². The molecule has 0 unspecified atom stereocenters. The van der Waals surface area contributed by atoms with Gasteiger partial charge in [0.25, 0.3) is 0 Å². The number of aromatic nitrogens is 1. The number of aliphatic hydroxyl groups excluding tert-OH is 1. The zero-order chi connectivity index (χ0) is 17.1. The number of β-amino-alcohol motifs (C(OH)–C–C–N with tert-alkyl or cyclic N) is 1. The summed E-state index contributed by atoms with van der Waals surface area (Å²) < 4.78 is 18.5. The van der Waals surface area contributed by atoms with E-state index in [0.29, 0.717) is 31.0 Å². The Morgan fingerprint density at radius 3 is 2.92 bits per heavy atom. The molecule has 2 atom stereocenters. The number of rotatable bonds is 4. The Labute approximate surface area is 139 Å². The number of esters is 1. The van der Waals surface area contributed by atoms with Crippen molar-refractivity contribution in [2.45, 2.75) is 25.5 Å². The third-order valence-electron chi connectivity index (χ3n) is 4.07. The van der Waals surface area contributed by atoms with Crippen molar-refractivity contribution < 1.29 is 19.0 Å². The molecule has 1 aromatic heterocycles. The molecule has 1 fully saturated rings. The SMILES string of the molecule is CCOC(=O)c1ccc(N2C[C@@H](O)C[C@H]2c2cccc(F)c2)nc1. The summed E-state index contributed by atoms with van der Waals surface area (Å²) in [6, 6.07) is 9.58. The third-order valence-corrected chi connectivity index (χ3v) is 4.07. The van der Waals surface area contributed by atoms with Gasteiger partial charge in [0.05, 0.1) is 24.3 Å². The number of pyridine rings is 1. The highest BCUT2D eigenvalue weighted by Crippen LogP contribution is 2.35. The van der Waals surface area contributed by atoms with E-state index >= 15 is 0 Å². The molecule has 3 rings (SSSR count). The van der Waals surface area contributed by atoms with Crippen LogP contribution in [0.4, 0.5) is 10.2 Å². The van der Waals surface area contributed by atoms with Crippen LogP contribution in [0.5, 0.6) is 0 Å². The van der Waals surface area contributed by atoms with Crippen molar-refractivity contribution in [2.75, 3.05) is 18.1 Å². The molecule has 24 heavy (non-hydrogen) atoms. The fourth-order valence-corrected chi connectivity index (χ4v) is 2.99. The number of halogens is 1. The van der Waals surface area contributed by atoms with Gasteiger partial charge in [-0.25, -0.2) is 14.2 Å². The number of benzene rings is 1. The van der Waals surface area contributed by atoms with E-state index in [1.807, 2.05) is 11.0 Å². The normalized spacial score (nSPS) is 20.2. The van der Waals surface area contributed by atoms with Gasteiger partial charge in [-0.05, 0) is 43.2 Å². The van der Waals surface area contributed by atoms with Gasteiger partial charge in [0, 0.05) is 12.7 Å². The molecule has 1 aliphatic heterocycles. The molecule has 2 aromatic rings. The standard InChI is InChI=1S/C18H19FN2O3/c1-2-24-18(23)13-6-7-17(20-10-13)21-11-15(22)9-16(21)12-4-3-5-14(19)8-12/h3-8,10,15-16,22H,2,9,11H2,1H3/t15-,16-/m0/s1. The second kappa shape index (κ2) is 6.97. The van der Waals surface area contributed by atoms with Gasteiger partial charge in [0.2, 0.25) is 0 Å². The summed E-state index contributed by atoms with van der Waals surface area (Å²) in [5, 5.41) is 10.0. The monoisotopic (exact) mass is 330 g/mol. The summed E-state index contributed by atoms with van der Waals surface area (Å²) in [6.07, 6.45) is 1.45. The van der Waals surface area contributed by atoms with Gasteiger partial charge in [0.1, 0.15) is 11.6 Å². The number of ether oxygens (including phenoxy) is 1. The third kappa shape index (κ3) is 3.38. The van der Waals surface area contributed by atoms with Gasteiger partial charge in [-0.15, -0.1) is 0 Å². The smallest absolute Gasteiger partial charge is 0.339 e. The molecule has 1 N–H and O–H groups in total. The second-order valence-electron chi connectivity index (χ2n) is 5.74. The maximum absolute atomic E-state index is 13.5. The summed E-state index contributed by atoms with van der Waals surface area (Å²) in [5.74, 6) is -0.0898. The number of anilines is 1. The van der Waals surface area contributed by atoms with Crippen LogP contribution in [0.3, 0.4) is 0 Å². The molecule has 0 aliphatic carbocycles. The van der Waals surface area contributed by atoms with Crippen LogP contribution in [0, 0.1) is 5.82 Å². The molecule has 126 valence electrons. The van der Waals surface area contributed by atoms with E-state index in [2.05, 4.69) is 4.98 Å². The maximum atomic E-state index is 13.5. The molecule has 1 aromatic carbocycles. The quantitative estimate of drug-likeness (QED) is 0.874. The van der Waals surface area contributed by atoms with Crippen LogP contribution in [-0.2, 0) is 4.74 Å². The first kappa shape index (κ1) is 16.4. The molecule has 1 aliphatic rings. The molecule has 0 radical (unpaired) electrons. The summed E-state index contributed by atoms with van der Waals surface area (Å²) in [6.45, 7) is 2.46. The first-order valence-corrected chi connectivity index (χ1v) is 7.92. The van der Waals surface area contributed by atoms with E-state index in [1.54, 1.807) is 25.1 Å². The fraction of sp³-hybridized carbons (Fsp3) is 0.333. The summed E-state index contributed by atoms with van der Waals surface area (Å²) in [5.41, 5.74) is 1.17. The lowest BCUT2D eigenvalue weighted by atomic mass is 10.0. The van der Waals surface area contributed by atoms with Gasteiger partial charge in [-0.3, -0.25) is 0 Å². The van der Waals surface area contributed by atoms with Crippen LogP contribution < -0.4 is 4.90 Å². The Morgan fingerprint density at radius 2 is 2.25 bits per heavy atom. The predicted molar refractivity (Wildman–Crippen MR) is 87.3 cm³/mol. The zero-order valence-electron chi connectivity index (χ0n) is 13.4. The predicted octanol–water partition coefficient (Wildman–Crippen LogP) is 2.71. The van der Waals surface area contributed by atoms with E-state index in [4.69, 9.17) is 4.74 Å². The topological polar surface area (TPSA) is 62.7 Å². The van der Waals surface area contributed by atoms with Crippen LogP contribution >= 0.6 is 0 Å². The molecule has 2 heterocycles. The van der Waals surface area contributed by atoms with Crippen molar-refractivity contribution in [3.8, 4) is 0 Å². The molecule has 0 amide bonds. The minimum atomic E-state index is -0.509. The molecular weight excluding hydrogens is 311 g/mol. The number of carbonyl (C=O) groups excluding carboxylic acids is 1. The Hall–Kier alpha value is -2.47. The summed E-state index contributed by atoms with van der Waals surface area (Å²) >= 11 is 0. The summed E-state index contributed by atoms with van der Waals surface area (Å²) in [4.78, 5) is 17.9. The van der Waals surface area contributed by atoms with Crippen molar-refractivity contribution in [1.82, 2.24) is 4.98 Å². The average molecular weight is 330 g/mol. The molecule has 5 nitrogen and oxygen atoms in total. The molecule has 0 bridgehead atoms. The highest BCUT2D eigenvalue weighted by atomic mass is 19.1. The van der Waals surface area contributed by atoms with Crippen LogP contribution in [0.2, 0.25) is 0 Å². The van der Waals surface area contributed by atoms with E-state index in [1.165, 1.54) is 18.3 Å². The fourth-order valence-electron chi connectivity index (χ4n) is 2.99. The van der Waals surface area contributed by atoms with E-state index < -0.39 is 12.1 Å². The molecule has 0 spiro atoms. The van der Waals surface area contributed by atoms with Gasteiger partial charge < -0.3 is 14.7 Å². The number of carbonyl (C=O) groups is 1. The van der Waals surface area contributed by atoms with Gasteiger partial charge in [-0.2, -0.15) is 0 Å². The van der Waals surface area contributed by atoms with Crippen LogP contribution in [-0.4, -0.2) is 35.3 Å². The number of aliphatic hydroxyl groups is 1. The lowest BCUT2D eigenvalue weighted by molar-refractivity contribution is 0.0526. The Morgan fingerprint density at radius 1 is 1.42 bits per heavy atom. The van der Waals surface area contributed by atoms with E-state index in [0.717, 1.165) is 5.56 Å². The van der Waals surface area contributed by atoms with Crippen LogP contribution in [0.15, 0.2) is 42.6 Å². The number of nitrogens with zero attached hydrogens (tertiary/aromatic N) is 2. The number of hydrogen-bond donors (Lipinski definition) is 1. The first-order chi connectivity index (χ1) is 11.6. The van der Waals surface area contributed by atoms with E-state index in [9.17, 15) is 14.3 Å². The maximum Gasteiger partial charge on any atom is 0.339 e. The Kier molecular flexibility index (Phi) is 4.76. The largest absolute Gasteiger partial charge is 0.462 e. The van der Waals surface area contributed by atoms with Gasteiger partial charge in [-0.1, -0.05) is 12.1 Å². The summed E-state index contributed by atoms with van der Waals surface area (Å²) in [7, 11) is 0. The Bertz CT molecular complexity index is 720. The lowest BCUT2D eigenvalue weighted by Gasteiger charge is -2.25. The number of hydrogen-bond acceptors (Lipinski definition) is 5. The van der Waals surface area contributed by atoms with Crippen molar-refractivity contribution in [3.63, 3.8) is 0 Å². The van der Waals surface area contributed by atoms with Gasteiger partial charge >= 0.3 is 5.97 Å². The van der Waals surface area contributed by atoms with Crippen molar-refractivity contribution in [3.05, 3.63) is 59.5 Å². The molecule has 0 saturated carbocycles. The van der Waals surface area contributed by atoms with E-state index in [-0.39, 0.29) is 11.9 Å². The van der Waals surface area contributed by atoms with Gasteiger partial charge in [0.15, 0.2) is 0 Å².